The minimum atomic E-state index is 0.554. The number of aryl methyl sites for hydroxylation is 1. The topological polar surface area (TPSA) is 34.9 Å². The van der Waals surface area contributed by atoms with E-state index in [-0.39, 0.29) is 0 Å². The lowest BCUT2D eigenvalue weighted by atomic mass is 10.0. The number of carbonyl (C=O) groups is 1. The van der Waals surface area contributed by atoms with Crippen LogP contribution in [0.1, 0.15) is 29.9 Å². The molecule has 0 radical (unpaired) electrons. The molecule has 0 aliphatic heterocycles. The molecule has 2 aromatic rings. The first kappa shape index (κ1) is 10.9. The lowest BCUT2D eigenvalue weighted by Gasteiger charge is -2.06. The number of hydrogen-bond acceptors (Lipinski definition) is 2. The Balaban J connectivity index is 2.70. The van der Waals surface area contributed by atoms with Gasteiger partial charge in [0.2, 0.25) is 0 Å². The smallest absolute Gasteiger partial charge is 0.150 e. The van der Waals surface area contributed by atoms with Gasteiger partial charge in [-0.2, -0.15) is 5.10 Å². The van der Waals surface area contributed by atoms with Crippen LogP contribution in [-0.2, 0) is 13.5 Å². The van der Waals surface area contributed by atoms with Gasteiger partial charge >= 0.3 is 0 Å². The SMILES string of the molecule is CC(C)Cc1c2c(C=O)cccc2nn1C. The van der Waals surface area contributed by atoms with E-state index in [2.05, 4.69) is 18.9 Å². The van der Waals surface area contributed by atoms with E-state index in [0.29, 0.717) is 5.92 Å². The van der Waals surface area contributed by atoms with E-state index in [9.17, 15) is 4.79 Å². The Morgan fingerprint density at radius 2 is 2.19 bits per heavy atom. The molecule has 0 saturated heterocycles. The van der Waals surface area contributed by atoms with Crippen molar-refractivity contribution in [3.63, 3.8) is 0 Å². The zero-order valence-electron chi connectivity index (χ0n) is 9.90. The summed E-state index contributed by atoms with van der Waals surface area (Å²) in [7, 11) is 1.94. The fraction of sp³-hybridized carbons (Fsp3) is 0.385. The van der Waals surface area contributed by atoms with Crippen LogP contribution < -0.4 is 0 Å². The fourth-order valence-corrected chi connectivity index (χ4v) is 2.06. The van der Waals surface area contributed by atoms with E-state index in [1.54, 1.807) is 0 Å². The summed E-state index contributed by atoms with van der Waals surface area (Å²) >= 11 is 0. The van der Waals surface area contributed by atoms with Crippen molar-refractivity contribution >= 4 is 17.2 Å². The Labute approximate surface area is 95.1 Å². The van der Waals surface area contributed by atoms with Crippen molar-refractivity contribution < 1.29 is 4.79 Å². The summed E-state index contributed by atoms with van der Waals surface area (Å²) in [5, 5.41) is 5.44. The molecule has 1 aromatic heterocycles. The molecule has 0 N–H and O–H groups in total. The fourth-order valence-electron chi connectivity index (χ4n) is 2.06. The number of aromatic nitrogens is 2. The van der Waals surface area contributed by atoms with Gasteiger partial charge < -0.3 is 0 Å². The number of nitrogens with zero attached hydrogens (tertiary/aromatic N) is 2. The lowest BCUT2D eigenvalue weighted by Crippen LogP contribution is -2.03. The highest BCUT2D eigenvalue weighted by molar-refractivity contribution is 5.98. The van der Waals surface area contributed by atoms with Gasteiger partial charge in [0.1, 0.15) is 0 Å². The molecule has 3 heteroatoms. The molecule has 0 aliphatic carbocycles. The van der Waals surface area contributed by atoms with Gasteiger partial charge in [-0.05, 0) is 18.4 Å². The summed E-state index contributed by atoms with van der Waals surface area (Å²) in [6, 6.07) is 5.67. The summed E-state index contributed by atoms with van der Waals surface area (Å²) in [4.78, 5) is 11.0. The van der Waals surface area contributed by atoms with Gasteiger partial charge in [0.05, 0.1) is 5.52 Å². The number of rotatable bonds is 3. The second-order valence-corrected chi connectivity index (χ2v) is 4.53. The van der Waals surface area contributed by atoms with Crippen molar-refractivity contribution in [2.45, 2.75) is 20.3 Å². The van der Waals surface area contributed by atoms with Gasteiger partial charge in [-0.3, -0.25) is 9.48 Å². The molecular formula is C13H16N2O. The highest BCUT2D eigenvalue weighted by Crippen LogP contribution is 2.23. The van der Waals surface area contributed by atoms with E-state index < -0.39 is 0 Å². The minimum absolute atomic E-state index is 0.554. The molecule has 84 valence electrons. The molecule has 0 atom stereocenters. The highest BCUT2D eigenvalue weighted by atomic mass is 16.1. The predicted molar refractivity (Wildman–Crippen MR) is 64.6 cm³/mol. The van der Waals surface area contributed by atoms with Crippen LogP contribution in [0.5, 0.6) is 0 Å². The van der Waals surface area contributed by atoms with Gasteiger partial charge in [-0.1, -0.05) is 26.0 Å². The third-order valence-electron chi connectivity index (χ3n) is 2.74. The van der Waals surface area contributed by atoms with Gasteiger partial charge in [0.25, 0.3) is 0 Å². The third kappa shape index (κ3) is 1.73. The molecule has 0 unspecified atom stereocenters. The number of hydrogen-bond donors (Lipinski definition) is 0. The number of carbonyl (C=O) groups excluding carboxylic acids is 1. The van der Waals surface area contributed by atoms with E-state index in [1.165, 1.54) is 0 Å². The summed E-state index contributed by atoms with van der Waals surface area (Å²) < 4.78 is 1.89. The first-order valence-electron chi connectivity index (χ1n) is 5.53. The monoisotopic (exact) mass is 216 g/mol. The summed E-state index contributed by atoms with van der Waals surface area (Å²) in [5.41, 5.74) is 2.79. The molecule has 0 bridgehead atoms. The molecule has 2 rings (SSSR count). The molecule has 0 aliphatic rings. The highest BCUT2D eigenvalue weighted by Gasteiger charge is 2.13. The predicted octanol–water partition coefficient (Wildman–Crippen LogP) is 2.58. The van der Waals surface area contributed by atoms with Crippen molar-refractivity contribution in [1.82, 2.24) is 9.78 Å². The summed E-state index contributed by atoms with van der Waals surface area (Å²) in [6.07, 6.45) is 1.85. The van der Waals surface area contributed by atoms with Crippen LogP contribution >= 0.6 is 0 Å². The van der Waals surface area contributed by atoms with Crippen LogP contribution in [0.15, 0.2) is 18.2 Å². The maximum Gasteiger partial charge on any atom is 0.150 e. The normalized spacial score (nSPS) is 11.2. The van der Waals surface area contributed by atoms with Gasteiger partial charge in [0.15, 0.2) is 6.29 Å². The Morgan fingerprint density at radius 1 is 1.44 bits per heavy atom. The standard InChI is InChI=1S/C13H16N2O/c1-9(2)7-12-13-10(8-16)5-4-6-11(13)14-15(12)3/h4-6,8-9H,7H2,1-3H3. The van der Waals surface area contributed by atoms with Gasteiger partial charge in [0, 0.05) is 23.7 Å². The second kappa shape index (κ2) is 4.08. The van der Waals surface area contributed by atoms with Crippen molar-refractivity contribution in [2.24, 2.45) is 13.0 Å². The second-order valence-electron chi connectivity index (χ2n) is 4.53. The molecule has 0 amide bonds. The largest absolute Gasteiger partial charge is 0.298 e. The zero-order valence-corrected chi connectivity index (χ0v) is 9.90. The average molecular weight is 216 g/mol. The van der Waals surface area contributed by atoms with E-state index >= 15 is 0 Å². The molecule has 3 nitrogen and oxygen atoms in total. The number of benzene rings is 1. The first-order chi connectivity index (χ1) is 7.63. The van der Waals surface area contributed by atoms with Gasteiger partial charge in [-0.25, -0.2) is 0 Å². The molecule has 1 aromatic carbocycles. The van der Waals surface area contributed by atoms with Crippen molar-refractivity contribution in [3.05, 3.63) is 29.5 Å². The molecule has 0 saturated carbocycles. The lowest BCUT2D eigenvalue weighted by molar-refractivity contribution is 0.112. The van der Waals surface area contributed by atoms with E-state index in [1.807, 2.05) is 29.9 Å². The van der Waals surface area contributed by atoms with Crippen molar-refractivity contribution in [1.29, 1.82) is 0 Å². The third-order valence-corrected chi connectivity index (χ3v) is 2.74. The quantitative estimate of drug-likeness (QED) is 0.739. The zero-order chi connectivity index (χ0) is 11.7. The van der Waals surface area contributed by atoms with Crippen LogP contribution in [0.2, 0.25) is 0 Å². The maximum atomic E-state index is 11.0. The summed E-state index contributed by atoms with van der Waals surface area (Å²) in [6.45, 7) is 4.34. The van der Waals surface area contributed by atoms with Crippen LogP contribution in [-0.4, -0.2) is 16.1 Å². The molecule has 0 fully saturated rings. The Morgan fingerprint density at radius 3 is 2.81 bits per heavy atom. The molecule has 0 spiro atoms. The van der Waals surface area contributed by atoms with Crippen LogP contribution in [0.3, 0.4) is 0 Å². The average Bonchev–Trinajstić information content (AvgIpc) is 2.54. The van der Waals surface area contributed by atoms with Crippen molar-refractivity contribution in [3.8, 4) is 0 Å². The number of fused-ring (bicyclic) bond motifs is 1. The molecule has 1 heterocycles. The van der Waals surface area contributed by atoms with Crippen LogP contribution in [0, 0.1) is 5.92 Å². The van der Waals surface area contributed by atoms with Gasteiger partial charge in [-0.15, -0.1) is 0 Å². The number of aldehydes is 1. The first-order valence-corrected chi connectivity index (χ1v) is 5.53. The Hall–Kier alpha value is -1.64. The molecule has 16 heavy (non-hydrogen) atoms. The Kier molecular flexibility index (Phi) is 2.77. The van der Waals surface area contributed by atoms with E-state index in [4.69, 9.17) is 0 Å². The van der Waals surface area contributed by atoms with Crippen molar-refractivity contribution in [2.75, 3.05) is 0 Å². The summed E-state index contributed by atoms with van der Waals surface area (Å²) in [5.74, 6) is 0.554. The Bertz CT molecular complexity index is 526. The van der Waals surface area contributed by atoms with Crippen LogP contribution in [0.4, 0.5) is 0 Å². The maximum absolute atomic E-state index is 11.0. The minimum Gasteiger partial charge on any atom is -0.298 e. The van der Waals surface area contributed by atoms with E-state index in [0.717, 1.165) is 34.9 Å². The molecular weight excluding hydrogens is 200 g/mol. The van der Waals surface area contributed by atoms with Crippen LogP contribution in [0.25, 0.3) is 10.9 Å².